The summed E-state index contributed by atoms with van der Waals surface area (Å²) in [6, 6.07) is 7.20. The molecule has 0 unspecified atom stereocenters. The average molecular weight is 332 g/mol. The minimum atomic E-state index is -0.427. The number of carbonyl (C=O) groups excluding carboxylic acids is 2. The Morgan fingerprint density at radius 1 is 1.48 bits per heavy atom. The molecule has 7 heteroatoms. The van der Waals surface area contributed by atoms with Gasteiger partial charge in [-0.3, -0.25) is 9.59 Å². The van der Waals surface area contributed by atoms with Crippen molar-refractivity contribution in [1.82, 2.24) is 20.6 Å². The van der Waals surface area contributed by atoms with E-state index in [0.29, 0.717) is 12.8 Å². The largest absolute Gasteiger partial charge is 0.344 e. The number of para-hydroxylation sites is 2. The Morgan fingerprint density at radius 2 is 2.30 bits per heavy atom. The molecule has 2 heterocycles. The van der Waals surface area contributed by atoms with Gasteiger partial charge < -0.3 is 15.6 Å². The van der Waals surface area contributed by atoms with Gasteiger partial charge in [0.05, 0.1) is 17.1 Å². The highest BCUT2D eigenvalue weighted by Gasteiger charge is 2.29. The number of thioether (sulfide) groups is 1. The van der Waals surface area contributed by atoms with Gasteiger partial charge >= 0.3 is 0 Å². The van der Waals surface area contributed by atoms with Crippen molar-refractivity contribution in [2.45, 2.75) is 31.3 Å². The molecule has 2 atom stereocenters. The van der Waals surface area contributed by atoms with Crippen molar-refractivity contribution in [3.63, 3.8) is 0 Å². The molecule has 1 aliphatic rings. The fourth-order valence-electron chi connectivity index (χ4n) is 2.73. The summed E-state index contributed by atoms with van der Waals surface area (Å²) in [6.07, 6.45) is 3.79. The molecule has 0 bridgehead atoms. The molecule has 2 amide bonds. The molecule has 1 aromatic heterocycles. The molecule has 3 rings (SSSR count). The zero-order valence-electron chi connectivity index (χ0n) is 13.0. The topological polar surface area (TPSA) is 86.9 Å². The van der Waals surface area contributed by atoms with Gasteiger partial charge in [-0.25, -0.2) is 4.98 Å². The summed E-state index contributed by atoms with van der Waals surface area (Å²) >= 11 is 1.73. The normalized spacial score (nSPS) is 18.8. The number of carbonyl (C=O) groups is 2. The van der Waals surface area contributed by atoms with E-state index in [2.05, 4.69) is 20.6 Å². The van der Waals surface area contributed by atoms with Gasteiger partial charge in [0.2, 0.25) is 11.8 Å². The van der Waals surface area contributed by atoms with E-state index in [9.17, 15) is 9.59 Å². The number of rotatable bonds is 6. The fourth-order valence-corrected chi connectivity index (χ4v) is 3.20. The molecule has 6 nitrogen and oxygen atoms in total. The lowest BCUT2D eigenvalue weighted by atomic mass is 10.1. The van der Waals surface area contributed by atoms with Crippen molar-refractivity contribution < 1.29 is 9.59 Å². The maximum Gasteiger partial charge on any atom is 0.243 e. The first-order chi connectivity index (χ1) is 11.2. The number of hydrogen-bond donors (Lipinski definition) is 3. The maximum absolute atomic E-state index is 12.4. The molecule has 1 aliphatic heterocycles. The predicted molar refractivity (Wildman–Crippen MR) is 91.1 cm³/mol. The Kier molecular flexibility index (Phi) is 4.85. The molecule has 0 saturated carbocycles. The van der Waals surface area contributed by atoms with E-state index in [1.807, 2.05) is 30.5 Å². The third kappa shape index (κ3) is 3.67. The van der Waals surface area contributed by atoms with E-state index >= 15 is 0 Å². The molecular weight excluding hydrogens is 312 g/mol. The smallest absolute Gasteiger partial charge is 0.243 e. The van der Waals surface area contributed by atoms with Crippen molar-refractivity contribution in [1.29, 1.82) is 0 Å². The standard InChI is InChI=1S/C16H20N4O2S/c1-23-9-8-12(20-16(22)13-6-7-14(21)17-13)15-18-10-4-2-3-5-11(10)19-15/h2-5,12-13H,6-9H2,1H3,(H,17,21)(H,18,19)(H,20,22)/t12-,13+/m1/s1. The van der Waals surface area contributed by atoms with Crippen LogP contribution in [0, 0.1) is 0 Å². The molecule has 1 fully saturated rings. The maximum atomic E-state index is 12.4. The Balaban J connectivity index is 1.76. The SMILES string of the molecule is CSCC[C@@H](NC(=O)[C@@H]1CCC(=O)N1)c1nc2ccccc2[nH]1. The van der Waals surface area contributed by atoms with E-state index < -0.39 is 6.04 Å². The summed E-state index contributed by atoms with van der Waals surface area (Å²) in [6.45, 7) is 0. The third-order valence-electron chi connectivity index (χ3n) is 3.98. The average Bonchev–Trinajstić information content (AvgIpc) is 3.17. The van der Waals surface area contributed by atoms with E-state index in [1.165, 1.54) is 0 Å². The number of imidazole rings is 1. The summed E-state index contributed by atoms with van der Waals surface area (Å²) in [5.74, 6) is 1.48. The number of hydrogen-bond acceptors (Lipinski definition) is 4. The Bertz CT molecular complexity index is 682. The van der Waals surface area contributed by atoms with E-state index in [0.717, 1.165) is 29.0 Å². The van der Waals surface area contributed by atoms with Crippen LogP contribution in [0.2, 0.25) is 0 Å². The second-order valence-corrected chi connectivity index (χ2v) is 6.63. The van der Waals surface area contributed by atoms with Crippen LogP contribution in [0.3, 0.4) is 0 Å². The van der Waals surface area contributed by atoms with Gasteiger partial charge in [-0.2, -0.15) is 11.8 Å². The van der Waals surface area contributed by atoms with Crippen molar-refractivity contribution in [3.8, 4) is 0 Å². The molecule has 0 spiro atoms. The molecule has 3 N–H and O–H groups in total. The van der Waals surface area contributed by atoms with E-state index in [-0.39, 0.29) is 17.9 Å². The first kappa shape index (κ1) is 15.9. The summed E-state index contributed by atoms with van der Waals surface area (Å²) in [5, 5.41) is 5.74. The van der Waals surface area contributed by atoms with Crippen LogP contribution in [0.15, 0.2) is 24.3 Å². The number of aromatic nitrogens is 2. The monoisotopic (exact) mass is 332 g/mol. The Labute approximate surface area is 138 Å². The van der Waals surface area contributed by atoms with Gasteiger partial charge in [-0.1, -0.05) is 12.1 Å². The van der Waals surface area contributed by atoms with Crippen LogP contribution in [0.4, 0.5) is 0 Å². The predicted octanol–water partition coefficient (Wildman–Crippen LogP) is 1.75. The number of amides is 2. The van der Waals surface area contributed by atoms with Gasteiger partial charge in [0.25, 0.3) is 0 Å². The van der Waals surface area contributed by atoms with Crippen LogP contribution in [0.5, 0.6) is 0 Å². The quantitative estimate of drug-likeness (QED) is 0.752. The number of nitrogens with one attached hydrogen (secondary N) is 3. The van der Waals surface area contributed by atoms with Crippen LogP contribution in [-0.2, 0) is 9.59 Å². The third-order valence-corrected chi connectivity index (χ3v) is 4.62. The molecule has 0 aliphatic carbocycles. The van der Waals surface area contributed by atoms with Crippen LogP contribution in [-0.4, -0.2) is 39.8 Å². The summed E-state index contributed by atoms with van der Waals surface area (Å²) < 4.78 is 0. The minimum Gasteiger partial charge on any atom is -0.344 e. The fraction of sp³-hybridized carbons (Fsp3) is 0.438. The molecule has 0 radical (unpaired) electrons. The number of aromatic amines is 1. The highest BCUT2D eigenvalue weighted by molar-refractivity contribution is 7.98. The number of H-pyrrole nitrogens is 1. The molecule has 1 saturated heterocycles. The lowest BCUT2D eigenvalue weighted by molar-refractivity contribution is -0.126. The second kappa shape index (κ2) is 7.04. The van der Waals surface area contributed by atoms with Crippen LogP contribution < -0.4 is 10.6 Å². The zero-order valence-corrected chi connectivity index (χ0v) is 13.8. The van der Waals surface area contributed by atoms with Crippen molar-refractivity contribution >= 4 is 34.6 Å². The molecule has 2 aromatic rings. The minimum absolute atomic E-state index is 0.0606. The number of fused-ring (bicyclic) bond motifs is 1. The number of nitrogens with zero attached hydrogens (tertiary/aromatic N) is 1. The van der Waals surface area contributed by atoms with Crippen LogP contribution >= 0.6 is 11.8 Å². The van der Waals surface area contributed by atoms with Crippen LogP contribution in [0.25, 0.3) is 11.0 Å². The van der Waals surface area contributed by atoms with E-state index in [1.54, 1.807) is 11.8 Å². The highest BCUT2D eigenvalue weighted by Crippen LogP contribution is 2.20. The molecule has 1 aromatic carbocycles. The van der Waals surface area contributed by atoms with Crippen molar-refractivity contribution in [2.24, 2.45) is 0 Å². The first-order valence-electron chi connectivity index (χ1n) is 7.70. The van der Waals surface area contributed by atoms with Gasteiger partial charge in [0, 0.05) is 6.42 Å². The Hall–Kier alpha value is -2.02. The molecule has 23 heavy (non-hydrogen) atoms. The first-order valence-corrected chi connectivity index (χ1v) is 9.10. The van der Waals surface area contributed by atoms with Crippen molar-refractivity contribution in [3.05, 3.63) is 30.1 Å². The van der Waals surface area contributed by atoms with Gasteiger partial charge in [-0.15, -0.1) is 0 Å². The molecular formula is C16H20N4O2S. The number of benzene rings is 1. The van der Waals surface area contributed by atoms with Gasteiger partial charge in [0.15, 0.2) is 0 Å². The summed E-state index contributed by atoms with van der Waals surface area (Å²) in [4.78, 5) is 31.5. The highest BCUT2D eigenvalue weighted by atomic mass is 32.2. The molecule has 122 valence electrons. The second-order valence-electron chi connectivity index (χ2n) is 5.64. The Morgan fingerprint density at radius 3 is 3.00 bits per heavy atom. The lowest BCUT2D eigenvalue weighted by Gasteiger charge is -2.19. The van der Waals surface area contributed by atoms with Gasteiger partial charge in [-0.05, 0) is 37.0 Å². The zero-order chi connectivity index (χ0) is 16.2. The summed E-state index contributed by atoms with van der Waals surface area (Å²) in [7, 11) is 0. The summed E-state index contributed by atoms with van der Waals surface area (Å²) in [5.41, 5.74) is 1.85. The van der Waals surface area contributed by atoms with Gasteiger partial charge in [0.1, 0.15) is 11.9 Å². The van der Waals surface area contributed by atoms with Crippen molar-refractivity contribution in [2.75, 3.05) is 12.0 Å². The van der Waals surface area contributed by atoms with Crippen LogP contribution in [0.1, 0.15) is 31.1 Å². The van der Waals surface area contributed by atoms with E-state index in [4.69, 9.17) is 0 Å². The lowest BCUT2D eigenvalue weighted by Crippen LogP contribution is -2.43.